The van der Waals surface area contributed by atoms with Crippen molar-refractivity contribution in [1.29, 1.82) is 0 Å². The Labute approximate surface area is 188 Å². The van der Waals surface area contributed by atoms with Crippen LogP contribution in [-0.2, 0) is 0 Å². The molecule has 1 saturated heterocycles. The second-order valence-corrected chi connectivity index (χ2v) is 8.10. The Morgan fingerprint density at radius 1 is 1.06 bits per heavy atom. The molecule has 1 aliphatic heterocycles. The number of anilines is 3. The number of hydrogen-bond donors (Lipinski definition) is 3. The summed E-state index contributed by atoms with van der Waals surface area (Å²) < 4.78 is 16.3. The van der Waals surface area contributed by atoms with Crippen molar-refractivity contribution < 1.29 is 4.39 Å². The van der Waals surface area contributed by atoms with E-state index in [-0.39, 0.29) is 5.82 Å². The van der Waals surface area contributed by atoms with Crippen LogP contribution in [0.5, 0.6) is 0 Å². The predicted molar refractivity (Wildman–Crippen MR) is 125 cm³/mol. The van der Waals surface area contributed by atoms with E-state index in [1.165, 1.54) is 6.07 Å². The van der Waals surface area contributed by atoms with E-state index in [1.807, 2.05) is 31.5 Å². The molecule has 0 radical (unpaired) electrons. The second-order valence-electron chi connectivity index (χ2n) is 8.10. The molecule has 0 spiro atoms. The lowest BCUT2D eigenvalue weighted by molar-refractivity contribution is 0.585. The molecule has 0 unspecified atom stereocenters. The van der Waals surface area contributed by atoms with Crippen molar-refractivity contribution in [3.8, 4) is 11.1 Å². The van der Waals surface area contributed by atoms with Gasteiger partial charge in [0, 0.05) is 73.2 Å². The van der Waals surface area contributed by atoms with Gasteiger partial charge in [-0.15, -0.1) is 0 Å². The van der Waals surface area contributed by atoms with Gasteiger partial charge in [0.15, 0.2) is 11.5 Å². The molecular formula is C23H22FN9. The van der Waals surface area contributed by atoms with Crippen LogP contribution in [0.2, 0.25) is 0 Å². The monoisotopic (exact) mass is 443 g/mol. The number of pyridine rings is 2. The lowest BCUT2D eigenvalue weighted by atomic mass is 10.1. The molecular weight excluding hydrogens is 421 g/mol. The van der Waals surface area contributed by atoms with E-state index < -0.39 is 0 Å². The molecule has 0 aliphatic carbocycles. The van der Waals surface area contributed by atoms with Crippen LogP contribution < -0.4 is 15.5 Å². The minimum atomic E-state index is -0.370. The van der Waals surface area contributed by atoms with Crippen LogP contribution in [0, 0.1) is 12.7 Å². The third-order valence-electron chi connectivity index (χ3n) is 5.93. The number of piperazine rings is 1. The van der Waals surface area contributed by atoms with E-state index in [2.05, 4.69) is 40.5 Å². The summed E-state index contributed by atoms with van der Waals surface area (Å²) in [6, 6.07) is 5.47. The number of nitrogens with one attached hydrogen (secondary N) is 3. The van der Waals surface area contributed by atoms with E-state index in [9.17, 15) is 4.39 Å². The fraction of sp³-hybridized carbons (Fsp3) is 0.217. The van der Waals surface area contributed by atoms with Crippen LogP contribution >= 0.6 is 0 Å². The molecule has 0 amide bonds. The first-order chi connectivity index (χ1) is 16.2. The van der Waals surface area contributed by atoms with Crippen LogP contribution in [0.4, 0.5) is 21.8 Å². The zero-order valence-corrected chi connectivity index (χ0v) is 18.0. The Morgan fingerprint density at radius 3 is 2.76 bits per heavy atom. The minimum absolute atomic E-state index is 0.315. The largest absolute Gasteiger partial charge is 0.354 e. The smallest absolute Gasteiger partial charge is 0.229 e. The molecule has 5 aromatic rings. The number of H-pyrrole nitrogens is 1. The minimum Gasteiger partial charge on any atom is -0.354 e. The Hall–Kier alpha value is -4.05. The molecule has 5 aromatic heterocycles. The molecule has 0 atom stereocenters. The summed E-state index contributed by atoms with van der Waals surface area (Å²) in [7, 11) is 0. The maximum atomic E-state index is 14.6. The van der Waals surface area contributed by atoms with Crippen LogP contribution in [0.1, 0.15) is 5.69 Å². The molecule has 1 fully saturated rings. The number of fused-ring (bicyclic) bond motifs is 2. The molecule has 6 heterocycles. The molecule has 9 nitrogen and oxygen atoms in total. The van der Waals surface area contributed by atoms with Crippen molar-refractivity contribution in [2.75, 3.05) is 36.4 Å². The van der Waals surface area contributed by atoms with Gasteiger partial charge in [0.1, 0.15) is 11.5 Å². The SMILES string of the molecule is Cc1cnc2c(F)cc(-c3c[nH]c4nc(Nc5ccc(N6CCNCC6)nc5)ncc34)cn12. The summed E-state index contributed by atoms with van der Waals surface area (Å²) in [4.78, 5) is 23.2. The van der Waals surface area contributed by atoms with Crippen LogP contribution in [0.3, 0.4) is 0 Å². The quantitative estimate of drug-likeness (QED) is 0.392. The van der Waals surface area contributed by atoms with Crippen LogP contribution in [-0.4, -0.2) is 55.5 Å². The van der Waals surface area contributed by atoms with E-state index in [1.54, 1.807) is 23.0 Å². The number of hydrogen-bond acceptors (Lipinski definition) is 7. The summed E-state index contributed by atoms with van der Waals surface area (Å²) in [6.07, 6.45) is 8.88. The molecule has 10 heteroatoms. The predicted octanol–water partition coefficient (Wildman–Crippen LogP) is 3.27. The van der Waals surface area contributed by atoms with E-state index >= 15 is 0 Å². The van der Waals surface area contributed by atoms with Gasteiger partial charge in [-0.1, -0.05) is 0 Å². The molecule has 6 rings (SSSR count). The Kier molecular flexibility index (Phi) is 4.65. The van der Waals surface area contributed by atoms with Gasteiger partial charge < -0.3 is 24.9 Å². The van der Waals surface area contributed by atoms with Gasteiger partial charge in [-0.05, 0) is 25.1 Å². The van der Waals surface area contributed by atoms with Gasteiger partial charge >= 0.3 is 0 Å². The summed E-state index contributed by atoms with van der Waals surface area (Å²) in [6.45, 7) is 5.73. The van der Waals surface area contributed by atoms with Gasteiger partial charge in [-0.2, -0.15) is 4.98 Å². The average molecular weight is 443 g/mol. The second kappa shape index (κ2) is 7.82. The standard InChI is InChI=1S/C23H22FN9/c1-14-9-28-22-19(24)8-15(13-33(14)22)17-11-27-21-18(17)12-29-23(31-21)30-16-2-3-20(26-10-16)32-6-4-25-5-7-32/h2-3,8-13,25H,4-7H2,1H3,(H2,27,29,30,31). The maximum absolute atomic E-state index is 14.6. The lowest BCUT2D eigenvalue weighted by Crippen LogP contribution is -2.43. The van der Waals surface area contributed by atoms with E-state index in [0.717, 1.165) is 59.9 Å². The maximum Gasteiger partial charge on any atom is 0.229 e. The molecule has 1 aliphatic rings. The van der Waals surface area contributed by atoms with E-state index in [0.29, 0.717) is 17.2 Å². The number of nitrogens with zero attached hydrogens (tertiary/aromatic N) is 6. The highest BCUT2D eigenvalue weighted by Gasteiger charge is 2.14. The number of aryl methyl sites for hydroxylation is 1. The Balaban J connectivity index is 1.26. The molecule has 3 N–H and O–H groups in total. The summed E-state index contributed by atoms with van der Waals surface area (Å²) in [5.74, 6) is 1.05. The highest BCUT2D eigenvalue weighted by atomic mass is 19.1. The van der Waals surface area contributed by atoms with Crippen LogP contribution in [0.15, 0.2) is 49.2 Å². The Morgan fingerprint density at radius 2 is 1.94 bits per heavy atom. The van der Waals surface area contributed by atoms with Crippen molar-refractivity contribution >= 4 is 34.1 Å². The van der Waals surface area contributed by atoms with Gasteiger partial charge in [-0.25, -0.2) is 19.3 Å². The number of aromatic nitrogens is 6. The average Bonchev–Trinajstić information content (AvgIpc) is 3.44. The molecule has 166 valence electrons. The van der Waals surface area contributed by atoms with Crippen molar-refractivity contribution in [2.24, 2.45) is 0 Å². The first kappa shape index (κ1) is 19.6. The number of rotatable bonds is 4. The van der Waals surface area contributed by atoms with Gasteiger partial charge in [0.2, 0.25) is 5.95 Å². The zero-order valence-electron chi connectivity index (χ0n) is 18.0. The normalized spacial score (nSPS) is 14.3. The van der Waals surface area contributed by atoms with Crippen LogP contribution in [0.25, 0.3) is 27.8 Å². The third kappa shape index (κ3) is 3.54. The summed E-state index contributed by atoms with van der Waals surface area (Å²) >= 11 is 0. The van der Waals surface area contributed by atoms with Crippen molar-refractivity contribution in [1.82, 2.24) is 34.6 Å². The van der Waals surface area contributed by atoms with Crippen molar-refractivity contribution in [3.63, 3.8) is 0 Å². The van der Waals surface area contributed by atoms with Gasteiger partial charge in [-0.3, -0.25) is 0 Å². The molecule has 0 aromatic carbocycles. The van der Waals surface area contributed by atoms with E-state index in [4.69, 9.17) is 0 Å². The lowest BCUT2D eigenvalue weighted by Gasteiger charge is -2.28. The highest BCUT2D eigenvalue weighted by molar-refractivity contribution is 5.93. The highest BCUT2D eigenvalue weighted by Crippen LogP contribution is 2.30. The number of imidazole rings is 1. The first-order valence-corrected chi connectivity index (χ1v) is 10.8. The first-order valence-electron chi connectivity index (χ1n) is 10.8. The molecule has 0 saturated carbocycles. The number of aromatic amines is 1. The van der Waals surface area contributed by atoms with Gasteiger partial charge in [0.05, 0.1) is 11.9 Å². The van der Waals surface area contributed by atoms with Gasteiger partial charge in [0.25, 0.3) is 0 Å². The summed E-state index contributed by atoms with van der Waals surface area (Å²) in [5.41, 5.74) is 4.20. The Bertz CT molecular complexity index is 1450. The zero-order chi connectivity index (χ0) is 22.4. The molecule has 0 bridgehead atoms. The molecule has 33 heavy (non-hydrogen) atoms. The topological polar surface area (TPSA) is 99.1 Å². The van der Waals surface area contributed by atoms with Crippen molar-refractivity contribution in [2.45, 2.75) is 6.92 Å². The third-order valence-corrected chi connectivity index (χ3v) is 5.93. The summed E-state index contributed by atoms with van der Waals surface area (Å²) in [5, 5.41) is 7.36. The fourth-order valence-corrected chi connectivity index (χ4v) is 4.19. The number of halogens is 1. The van der Waals surface area contributed by atoms with Crippen molar-refractivity contribution in [3.05, 3.63) is 60.7 Å². The fourth-order valence-electron chi connectivity index (χ4n) is 4.19.